The Balaban J connectivity index is 2.03. The van der Waals surface area contributed by atoms with Crippen molar-refractivity contribution in [2.45, 2.75) is 33.2 Å². The number of anilines is 2. The van der Waals surface area contributed by atoms with Gasteiger partial charge in [-0.15, -0.1) is 11.3 Å². The Labute approximate surface area is 123 Å². The van der Waals surface area contributed by atoms with Gasteiger partial charge in [0.2, 0.25) is 0 Å². The van der Waals surface area contributed by atoms with Gasteiger partial charge in [0.05, 0.1) is 0 Å². The number of aromatic nitrogens is 1. The Kier molecular flexibility index (Phi) is 4.09. The highest BCUT2D eigenvalue weighted by molar-refractivity contribution is 7.14. The SMILES string of the molecule is Cc1ccc(C(=O)Nc2nc(NC(C)(C)C)cs2)cc1. The van der Waals surface area contributed by atoms with Gasteiger partial charge >= 0.3 is 0 Å². The molecule has 1 aromatic carbocycles. The number of carbonyl (C=O) groups is 1. The summed E-state index contributed by atoms with van der Waals surface area (Å²) in [4.78, 5) is 16.4. The number of nitrogens with one attached hydrogen (secondary N) is 2. The predicted molar refractivity (Wildman–Crippen MR) is 84.6 cm³/mol. The molecule has 0 radical (unpaired) electrons. The lowest BCUT2D eigenvalue weighted by molar-refractivity contribution is 0.102. The van der Waals surface area contributed by atoms with Gasteiger partial charge in [0.1, 0.15) is 5.82 Å². The van der Waals surface area contributed by atoms with Crippen LogP contribution >= 0.6 is 11.3 Å². The molecule has 0 aliphatic heterocycles. The van der Waals surface area contributed by atoms with E-state index in [0.717, 1.165) is 11.4 Å². The van der Waals surface area contributed by atoms with Gasteiger partial charge in [0.25, 0.3) is 5.91 Å². The van der Waals surface area contributed by atoms with Crippen LogP contribution in [-0.2, 0) is 0 Å². The number of hydrogen-bond acceptors (Lipinski definition) is 4. The van der Waals surface area contributed by atoms with Crippen LogP contribution in [0.1, 0.15) is 36.7 Å². The first-order valence-corrected chi connectivity index (χ1v) is 7.33. The van der Waals surface area contributed by atoms with Gasteiger partial charge in [0.15, 0.2) is 5.13 Å². The largest absolute Gasteiger partial charge is 0.365 e. The minimum absolute atomic E-state index is 0.0493. The Morgan fingerprint density at radius 2 is 1.85 bits per heavy atom. The first-order chi connectivity index (χ1) is 9.33. The van der Waals surface area contributed by atoms with Crippen LogP contribution < -0.4 is 10.6 Å². The summed E-state index contributed by atoms with van der Waals surface area (Å²) < 4.78 is 0. The van der Waals surface area contributed by atoms with E-state index in [1.807, 2.05) is 36.6 Å². The van der Waals surface area contributed by atoms with Gasteiger partial charge in [0, 0.05) is 16.5 Å². The molecule has 1 heterocycles. The Hall–Kier alpha value is -1.88. The highest BCUT2D eigenvalue weighted by Crippen LogP contribution is 2.22. The van der Waals surface area contributed by atoms with E-state index in [1.54, 1.807) is 0 Å². The second-order valence-corrected chi connectivity index (χ2v) is 6.59. The molecule has 0 unspecified atom stereocenters. The van der Waals surface area contributed by atoms with Crippen LogP contribution in [-0.4, -0.2) is 16.4 Å². The summed E-state index contributed by atoms with van der Waals surface area (Å²) in [6.45, 7) is 8.19. The number of nitrogens with zero attached hydrogens (tertiary/aromatic N) is 1. The monoisotopic (exact) mass is 289 g/mol. The minimum atomic E-state index is -0.137. The second-order valence-electron chi connectivity index (χ2n) is 5.73. The molecular formula is C15H19N3OS. The quantitative estimate of drug-likeness (QED) is 0.900. The lowest BCUT2D eigenvalue weighted by atomic mass is 10.1. The minimum Gasteiger partial charge on any atom is -0.365 e. The number of amides is 1. The van der Waals surface area contributed by atoms with Crippen molar-refractivity contribution in [3.05, 3.63) is 40.8 Å². The first-order valence-electron chi connectivity index (χ1n) is 6.45. The third-order valence-corrected chi connectivity index (χ3v) is 3.30. The summed E-state index contributed by atoms with van der Waals surface area (Å²) in [5.74, 6) is 0.642. The van der Waals surface area contributed by atoms with Crippen LogP contribution in [0.15, 0.2) is 29.6 Å². The topological polar surface area (TPSA) is 54.0 Å². The zero-order valence-corrected chi connectivity index (χ0v) is 13.0. The second kappa shape index (κ2) is 5.63. The van der Waals surface area contributed by atoms with Gasteiger partial charge in [-0.05, 0) is 39.8 Å². The zero-order chi connectivity index (χ0) is 14.8. The average Bonchev–Trinajstić information content (AvgIpc) is 2.74. The van der Waals surface area contributed by atoms with Gasteiger partial charge in [-0.1, -0.05) is 17.7 Å². The van der Waals surface area contributed by atoms with Crippen molar-refractivity contribution in [1.82, 2.24) is 4.98 Å². The van der Waals surface area contributed by atoms with Gasteiger partial charge < -0.3 is 5.32 Å². The van der Waals surface area contributed by atoms with Gasteiger partial charge in [-0.3, -0.25) is 10.1 Å². The molecule has 1 aromatic heterocycles. The molecule has 20 heavy (non-hydrogen) atoms. The van der Waals surface area contributed by atoms with E-state index in [0.29, 0.717) is 10.7 Å². The highest BCUT2D eigenvalue weighted by atomic mass is 32.1. The molecular weight excluding hydrogens is 270 g/mol. The first kappa shape index (κ1) is 14.5. The fourth-order valence-electron chi connectivity index (χ4n) is 1.65. The molecule has 0 aliphatic carbocycles. The molecule has 0 aliphatic rings. The van der Waals surface area contributed by atoms with Crippen molar-refractivity contribution in [3.63, 3.8) is 0 Å². The predicted octanol–water partition coefficient (Wildman–Crippen LogP) is 3.91. The summed E-state index contributed by atoms with van der Waals surface area (Å²) in [5.41, 5.74) is 1.72. The fourth-order valence-corrected chi connectivity index (χ4v) is 2.28. The molecule has 5 heteroatoms. The van der Waals surface area contributed by atoms with Crippen LogP contribution in [0.5, 0.6) is 0 Å². The normalized spacial score (nSPS) is 11.2. The van der Waals surface area contributed by atoms with E-state index < -0.39 is 0 Å². The molecule has 2 aromatic rings. The number of hydrogen-bond donors (Lipinski definition) is 2. The van der Waals surface area contributed by atoms with Crippen LogP contribution in [0.2, 0.25) is 0 Å². The van der Waals surface area contributed by atoms with Crippen LogP contribution in [0.4, 0.5) is 10.9 Å². The lowest BCUT2D eigenvalue weighted by Gasteiger charge is -2.19. The van der Waals surface area contributed by atoms with Gasteiger partial charge in [-0.2, -0.15) is 0 Å². The molecule has 2 N–H and O–H groups in total. The highest BCUT2D eigenvalue weighted by Gasteiger charge is 2.13. The van der Waals surface area contributed by atoms with E-state index in [4.69, 9.17) is 0 Å². The standard InChI is InChI=1S/C15H19N3OS/c1-10-5-7-11(8-6-10)13(19)17-14-16-12(9-20-14)18-15(2,3)4/h5-9,18H,1-4H3,(H,16,17,19). The van der Waals surface area contributed by atoms with E-state index in [2.05, 4.69) is 36.4 Å². The molecule has 2 rings (SSSR count). The maximum atomic E-state index is 12.1. The number of aryl methyl sites for hydroxylation is 1. The average molecular weight is 289 g/mol. The Bertz CT molecular complexity index is 596. The molecule has 1 amide bonds. The third-order valence-electron chi connectivity index (χ3n) is 2.54. The number of benzene rings is 1. The van der Waals surface area contributed by atoms with E-state index >= 15 is 0 Å². The number of thiazole rings is 1. The van der Waals surface area contributed by atoms with Crippen molar-refractivity contribution in [3.8, 4) is 0 Å². The molecule has 0 atom stereocenters. The zero-order valence-electron chi connectivity index (χ0n) is 12.2. The smallest absolute Gasteiger partial charge is 0.257 e. The Morgan fingerprint density at radius 1 is 1.20 bits per heavy atom. The summed E-state index contributed by atoms with van der Waals surface area (Å²) in [5, 5.41) is 8.58. The maximum Gasteiger partial charge on any atom is 0.257 e. The molecule has 0 fully saturated rings. The Morgan fingerprint density at radius 3 is 2.45 bits per heavy atom. The fraction of sp³-hybridized carbons (Fsp3) is 0.333. The summed E-state index contributed by atoms with van der Waals surface area (Å²) in [7, 11) is 0. The van der Waals surface area contributed by atoms with E-state index in [9.17, 15) is 4.79 Å². The maximum absolute atomic E-state index is 12.1. The molecule has 0 saturated heterocycles. The van der Waals surface area contributed by atoms with E-state index in [1.165, 1.54) is 11.3 Å². The van der Waals surface area contributed by atoms with Crippen molar-refractivity contribution in [2.75, 3.05) is 10.6 Å². The third kappa shape index (κ3) is 4.06. The molecule has 0 saturated carbocycles. The molecule has 106 valence electrons. The number of carbonyl (C=O) groups excluding carboxylic acids is 1. The van der Waals surface area contributed by atoms with Crippen molar-refractivity contribution in [1.29, 1.82) is 0 Å². The van der Waals surface area contributed by atoms with Crippen LogP contribution in [0, 0.1) is 6.92 Å². The summed E-state index contributed by atoms with van der Waals surface area (Å²) >= 11 is 1.41. The molecule has 4 nitrogen and oxygen atoms in total. The van der Waals surface area contributed by atoms with Crippen molar-refractivity contribution >= 4 is 28.2 Å². The van der Waals surface area contributed by atoms with Crippen molar-refractivity contribution in [2.24, 2.45) is 0 Å². The molecule has 0 spiro atoms. The molecule has 0 bridgehead atoms. The summed E-state index contributed by atoms with van der Waals surface area (Å²) in [6.07, 6.45) is 0. The van der Waals surface area contributed by atoms with E-state index in [-0.39, 0.29) is 11.4 Å². The van der Waals surface area contributed by atoms with Crippen molar-refractivity contribution < 1.29 is 4.79 Å². The van der Waals surface area contributed by atoms with Crippen LogP contribution in [0.25, 0.3) is 0 Å². The summed E-state index contributed by atoms with van der Waals surface area (Å²) in [6, 6.07) is 7.46. The number of rotatable bonds is 3. The lowest BCUT2D eigenvalue weighted by Crippen LogP contribution is -2.26. The van der Waals surface area contributed by atoms with Crippen LogP contribution in [0.3, 0.4) is 0 Å². The van der Waals surface area contributed by atoms with Gasteiger partial charge in [-0.25, -0.2) is 4.98 Å².